The van der Waals surface area contributed by atoms with Crippen LogP contribution in [-0.2, 0) is 9.23 Å². The molecule has 0 saturated heterocycles. The second-order valence-corrected chi connectivity index (χ2v) is 20.1. The first-order valence-electron chi connectivity index (χ1n) is 24.0. The maximum atomic E-state index is 12.6. The standard InChI is InChI=1S/2C18H19NO5S.C18H17NO4S.CH3F.Cl2OS/c2*1-4-24-15-9-12(18(21)22)13(10-14(15)23-2)19-17(20)11-7-5-6-8-16(11)25-3;1-4-22-15-9-12-13(10-14(15)21-2)19-17(23-18(12)20)11-7-5-6-8-16(11)24-3;1-2;1-4(2)3/h2*5-10H,4H2,1-3H3,(H,19,20)(H,21,22);5-10H,4H2,1-3H3;1H3;/i;;;1D;. The van der Waals surface area contributed by atoms with Gasteiger partial charge in [-0.3, -0.25) is 14.0 Å². The summed E-state index contributed by atoms with van der Waals surface area (Å²) in [6.07, 6.45) is 5.71. The average Bonchev–Trinajstić information content (AvgIpc) is 3.54. The molecule has 0 atom stereocenters. The largest absolute Gasteiger partial charge is 0.493 e. The lowest BCUT2D eigenvalue weighted by Crippen LogP contribution is -2.16. The first-order valence-corrected chi connectivity index (χ1v) is 29.8. The minimum absolute atomic E-state index is 0.0702. The molecule has 4 N–H and O–H groups in total. The lowest BCUT2D eigenvalue weighted by atomic mass is 10.1. The molecule has 0 aliphatic carbocycles. The van der Waals surface area contributed by atoms with Gasteiger partial charge in [-0.1, -0.05) is 36.4 Å². The van der Waals surface area contributed by atoms with E-state index in [1.807, 2.05) is 74.2 Å². The Morgan fingerprint density at radius 2 is 0.975 bits per heavy atom. The second-order valence-electron chi connectivity index (χ2n) is 15.0. The van der Waals surface area contributed by atoms with Crippen molar-refractivity contribution in [3.63, 3.8) is 0 Å². The van der Waals surface area contributed by atoms with E-state index < -0.39 is 45.8 Å². The molecule has 7 rings (SSSR count). The molecule has 0 spiro atoms. The molecule has 80 heavy (non-hydrogen) atoms. The summed E-state index contributed by atoms with van der Waals surface area (Å²) in [7, 11) is 10.8. The van der Waals surface area contributed by atoms with Crippen LogP contribution in [0.4, 0.5) is 15.8 Å². The van der Waals surface area contributed by atoms with Crippen molar-refractivity contribution in [3.8, 4) is 46.0 Å². The van der Waals surface area contributed by atoms with Crippen LogP contribution in [0.25, 0.3) is 22.4 Å². The number of rotatable bonds is 19. The van der Waals surface area contributed by atoms with Gasteiger partial charge in [0, 0.05) is 72.4 Å². The molecule has 0 fully saturated rings. The third kappa shape index (κ3) is 19.0. The highest BCUT2D eigenvalue weighted by Crippen LogP contribution is 2.37. The number of nitrogens with one attached hydrogen (secondary N) is 2. The molecular formula is C55H58Cl2FN3O15S4. The van der Waals surface area contributed by atoms with Crippen molar-refractivity contribution in [2.45, 2.75) is 35.5 Å². The van der Waals surface area contributed by atoms with Crippen LogP contribution in [0.2, 0.25) is 0 Å². The number of nitrogens with zero attached hydrogens (tertiary/aromatic N) is 1. The number of carboxylic acids is 2. The second kappa shape index (κ2) is 34.8. The van der Waals surface area contributed by atoms with Crippen LogP contribution in [0.15, 0.2) is 133 Å². The number of aromatic nitrogens is 1. The van der Waals surface area contributed by atoms with E-state index in [4.69, 9.17) is 38.4 Å². The van der Waals surface area contributed by atoms with Crippen LogP contribution in [-0.4, -0.2) is 110 Å². The van der Waals surface area contributed by atoms with E-state index in [1.54, 1.807) is 69.1 Å². The molecule has 2 amide bonds. The molecule has 1 heterocycles. The summed E-state index contributed by atoms with van der Waals surface area (Å²) in [5, 5.41) is 24.6. The third-order valence-corrected chi connectivity index (χ3v) is 12.8. The summed E-state index contributed by atoms with van der Waals surface area (Å²) in [5.74, 6) is -0.476. The van der Waals surface area contributed by atoms with Crippen molar-refractivity contribution >= 4 is 112 Å². The zero-order chi connectivity index (χ0) is 60.2. The van der Waals surface area contributed by atoms with Crippen LogP contribution in [0.1, 0.15) is 63.6 Å². The quantitative estimate of drug-likeness (QED) is 0.0434. The van der Waals surface area contributed by atoms with Crippen molar-refractivity contribution in [1.82, 2.24) is 4.98 Å². The Morgan fingerprint density at radius 3 is 1.35 bits per heavy atom. The highest BCUT2D eigenvalue weighted by atomic mass is 36.0. The normalized spacial score (nSPS) is 10.3. The minimum Gasteiger partial charge on any atom is -0.493 e. The van der Waals surface area contributed by atoms with E-state index in [9.17, 15) is 38.6 Å². The SMILES string of the molecule is CCOc1cc(C(=O)O)c(NC(=O)c2ccccc2SC)cc1OC.CCOc1cc(C(=O)O)c(NC(=O)c2ccccc2SC)cc1OC.CCOc1cc2c(=O)oc(-c3ccccc3SC)nc2cc1OC.O=S(Cl)Cl.[2H]CF. The van der Waals surface area contributed by atoms with Gasteiger partial charge in [0.05, 0.1) is 99.8 Å². The Labute approximate surface area is 487 Å². The number of benzene rings is 6. The molecule has 428 valence electrons. The fourth-order valence-electron chi connectivity index (χ4n) is 7.02. The topological polar surface area (TPSA) is 248 Å². The average molecular weight is 1220 g/mol. The van der Waals surface area contributed by atoms with Gasteiger partial charge in [-0.05, 0) is 75.9 Å². The van der Waals surface area contributed by atoms with Gasteiger partial charge in [0.15, 0.2) is 34.5 Å². The molecule has 0 bridgehead atoms. The Morgan fingerprint density at radius 1 is 0.613 bits per heavy atom. The van der Waals surface area contributed by atoms with Gasteiger partial charge >= 0.3 is 17.6 Å². The lowest BCUT2D eigenvalue weighted by Gasteiger charge is -2.15. The minimum atomic E-state index is -1.67. The fourth-order valence-corrected chi connectivity index (χ4v) is 8.81. The number of ether oxygens (including phenoxy) is 6. The molecule has 1 aromatic heterocycles. The molecular weight excluding hydrogens is 1160 g/mol. The number of carbonyl (C=O) groups excluding carboxylic acids is 2. The number of anilines is 2. The molecule has 0 saturated carbocycles. The number of fused-ring (bicyclic) bond motifs is 1. The number of amides is 2. The summed E-state index contributed by atoms with van der Waals surface area (Å²) < 4.78 is 62.1. The van der Waals surface area contributed by atoms with Crippen LogP contribution < -0.4 is 44.7 Å². The number of methoxy groups -OCH3 is 3. The van der Waals surface area contributed by atoms with Gasteiger partial charge < -0.3 is 53.7 Å². The van der Waals surface area contributed by atoms with Crippen molar-refractivity contribution in [2.24, 2.45) is 0 Å². The number of alkyl halides is 1. The number of hydrogen-bond donors (Lipinski definition) is 4. The zero-order valence-electron chi connectivity index (χ0n) is 45.6. The maximum Gasteiger partial charge on any atom is 0.347 e. The first-order chi connectivity index (χ1) is 38.8. The molecule has 0 aliphatic heterocycles. The van der Waals surface area contributed by atoms with Crippen LogP contribution in [0, 0.1) is 0 Å². The lowest BCUT2D eigenvalue weighted by molar-refractivity contribution is 0.0686. The Balaban J connectivity index is 0.000000301. The molecule has 0 aliphatic rings. The molecule has 0 radical (unpaired) electrons. The number of halogens is 3. The molecule has 25 heteroatoms. The smallest absolute Gasteiger partial charge is 0.347 e. The fraction of sp³-hybridized carbons (Fsp3) is 0.236. The van der Waals surface area contributed by atoms with Crippen molar-refractivity contribution in [1.29, 1.82) is 0 Å². The van der Waals surface area contributed by atoms with Crippen molar-refractivity contribution in [3.05, 3.63) is 142 Å². The van der Waals surface area contributed by atoms with E-state index in [1.165, 1.54) is 62.0 Å². The maximum absolute atomic E-state index is 12.6. The molecule has 0 unspecified atom stereocenters. The van der Waals surface area contributed by atoms with Crippen LogP contribution in [0.3, 0.4) is 0 Å². The highest BCUT2D eigenvalue weighted by molar-refractivity contribution is 8.26. The zero-order valence-corrected chi connectivity index (χ0v) is 49.4. The Bertz CT molecular complexity index is 3210. The first kappa shape index (κ1) is 65.4. The number of carbonyl (C=O) groups is 4. The molecule has 6 aromatic carbocycles. The third-order valence-electron chi connectivity index (χ3n) is 10.4. The van der Waals surface area contributed by atoms with Gasteiger partial charge in [0.1, 0.15) is 0 Å². The van der Waals surface area contributed by atoms with E-state index in [2.05, 4.69) is 37.0 Å². The van der Waals surface area contributed by atoms with Crippen LogP contribution >= 0.6 is 56.7 Å². The highest BCUT2D eigenvalue weighted by Gasteiger charge is 2.22. The van der Waals surface area contributed by atoms with Gasteiger partial charge in [-0.25, -0.2) is 23.6 Å². The van der Waals surface area contributed by atoms with Crippen molar-refractivity contribution < 1.29 is 72.2 Å². The van der Waals surface area contributed by atoms with Crippen molar-refractivity contribution in [2.75, 3.05) is 77.7 Å². The predicted molar refractivity (Wildman–Crippen MR) is 317 cm³/mol. The molecule has 18 nitrogen and oxygen atoms in total. The van der Waals surface area contributed by atoms with Crippen LogP contribution in [0.5, 0.6) is 34.5 Å². The molecule has 7 aromatic rings. The Kier molecular flexibility index (Phi) is 28.4. The van der Waals surface area contributed by atoms with Gasteiger partial charge in [-0.15, -0.1) is 35.3 Å². The summed E-state index contributed by atoms with van der Waals surface area (Å²) in [5.41, 5.74) is 1.95. The van der Waals surface area contributed by atoms with E-state index >= 15 is 0 Å². The summed E-state index contributed by atoms with van der Waals surface area (Å²) in [6, 6.07) is 30.8. The number of aromatic carboxylic acids is 2. The van der Waals surface area contributed by atoms with Gasteiger partial charge in [0.2, 0.25) is 15.1 Å². The number of thioether (sulfide) groups is 3. The summed E-state index contributed by atoms with van der Waals surface area (Å²) in [4.78, 5) is 67.8. The number of hydrogen-bond acceptors (Lipinski definition) is 17. The van der Waals surface area contributed by atoms with E-state index in [-0.39, 0.29) is 22.5 Å². The van der Waals surface area contributed by atoms with E-state index in [0.717, 1.165) is 20.2 Å². The Hall–Kier alpha value is -7.15. The number of carboxylic acid groups (broad SMARTS) is 2. The predicted octanol–water partition coefficient (Wildman–Crippen LogP) is 13.1. The monoisotopic (exact) mass is 1220 g/mol. The summed E-state index contributed by atoms with van der Waals surface area (Å²) in [6.45, 7) is 6.64. The van der Waals surface area contributed by atoms with Gasteiger partial charge in [0.25, 0.3) is 11.8 Å². The van der Waals surface area contributed by atoms with E-state index in [0.29, 0.717) is 82.2 Å². The summed E-state index contributed by atoms with van der Waals surface area (Å²) >= 11 is 4.45. The van der Waals surface area contributed by atoms with Gasteiger partial charge in [-0.2, -0.15) is 0 Å².